The molecule has 1 fully saturated rings. The van der Waals surface area contributed by atoms with Crippen LogP contribution in [-0.2, 0) is 9.53 Å². The molecule has 0 spiro atoms. The number of nitrogens with one attached hydrogen (secondary N) is 1. The Morgan fingerprint density at radius 2 is 2.06 bits per heavy atom. The van der Waals surface area contributed by atoms with Gasteiger partial charge in [-0.1, -0.05) is 13.8 Å². The van der Waals surface area contributed by atoms with Crippen LogP contribution in [0.5, 0.6) is 0 Å². The van der Waals surface area contributed by atoms with Gasteiger partial charge in [-0.3, -0.25) is 4.79 Å². The Hall–Kier alpha value is -0.610. The second kappa shape index (κ2) is 6.53. The molecule has 1 saturated carbocycles. The van der Waals surface area contributed by atoms with Crippen LogP contribution in [0.4, 0.5) is 0 Å². The molecule has 1 amide bonds. The quantitative estimate of drug-likeness (QED) is 0.696. The van der Waals surface area contributed by atoms with E-state index in [1.165, 1.54) is 6.42 Å². The van der Waals surface area contributed by atoms with Crippen LogP contribution in [0.3, 0.4) is 0 Å². The van der Waals surface area contributed by atoms with E-state index in [0.29, 0.717) is 19.5 Å². The summed E-state index contributed by atoms with van der Waals surface area (Å²) >= 11 is 0. The van der Waals surface area contributed by atoms with Crippen LogP contribution in [0.2, 0.25) is 0 Å². The molecule has 1 aliphatic rings. The highest BCUT2D eigenvalue weighted by Gasteiger charge is 2.37. The van der Waals surface area contributed by atoms with Crippen LogP contribution in [-0.4, -0.2) is 31.7 Å². The van der Waals surface area contributed by atoms with Gasteiger partial charge >= 0.3 is 0 Å². The molecule has 0 saturated heterocycles. The molecule has 3 N–H and O–H groups in total. The van der Waals surface area contributed by atoms with Gasteiger partial charge in [-0.2, -0.15) is 0 Å². The highest BCUT2D eigenvalue weighted by molar-refractivity contribution is 5.76. The van der Waals surface area contributed by atoms with Gasteiger partial charge in [-0.25, -0.2) is 0 Å². The van der Waals surface area contributed by atoms with E-state index in [-0.39, 0.29) is 16.9 Å². The lowest BCUT2D eigenvalue weighted by Crippen LogP contribution is -2.49. The molecule has 18 heavy (non-hydrogen) atoms. The molecule has 0 bridgehead atoms. The molecule has 0 radical (unpaired) electrons. The number of amides is 1. The van der Waals surface area contributed by atoms with E-state index < -0.39 is 0 Å². The van der Waals surface area contributed by atoms with Crippen molar-refractivity contribution in [1.29, 1.82) is 0 Å². The molecular weight excluding hydrogens is 228 g/mol. The number of carbonyl (C=O) groups excluding carboxylic acids is 1. The van der Waals surface area contributed by atoms with E-state index in [1.807, 2.05) is 0 Å². The fourth-order valence-electron chi connectivity index (χ4n) is 2.34. The molecule has 0 heterocycles. The minimum Gasteiger partial charge on any atom is -0.376 e. The minimum atomic E-state index is -0.0809. The van der Waals surface area contributed by atoms with Crippen molar-refractivity contribution in [2.45, 2.75) is 58.0 Å². The summed E-state index contributed by atoms with van der Waals surface area (Å²) in [6, 6.07) is 0. The molecule has 4 heteroatoms. The second-order valence-electron chi connectivity index (χ2n) is 6.22. The Labute approximate surface area is 111 Å². The van der Waals surface area contributed by atoms with Crippen LogP contribution < -0.4 is 11.1 Å². The van der Waals surface area contributed by atoms with Crippen LogP contribution in [0.15, 0.2) is 0 Å². The molecule has 1 rings (SSSR count). The normalized spacial score (nSPS) is 18.2. The molecule has 0 aromatic carbocycles. The molecule has 0 aromatic heterocycles. The van der Waals surface area contributed by atoms with Crippen LogP contribution in [0.25, 0.3) is 0 Å². The predicted molar refractivity (Wildman–Crippen MR) is 73.3 cm³/mol. The number of nitrogens with two attached hydrogens (primary N) is 1. The number of rotatable bonds is 8. The zero-order valence-electron chi connectivity index (χ0n) is 12.1. The van der Waals surface area contributed by atoms with Crippen LogP contribution in [0.1, 0.15) is 52.4 Å². The number of carbonyl (C=O) groups is 1. The lowest BCUT2D eigenvalue weighted by atomic mass is 9.80. The molecule has 0 aromatic rings. The Morgan fingerprint density at radius 3 is 2.50 bits per heavy atom. The lowest BCUT2D eigenvalue weighted by molar-refractivity contribution is -0.125. The zero-order chi connectivity index (χ0) is 13.6. The maximum Gasteiger partial charge on any atom is 0.220 e. The molecule has 106 valence electrons. The Morgan fingerprint density at radius 1 is 1.39 bits per heavy atom. The first-order valence-electron chi connectivity index (χ1n) is 6.95. The summed E-state index contributed by atoms with van der Waals surface area (Å²) in [5.74, 6) is 0.128. The summed E-state index contributed by atoms with van der Waals surface area (Å²) in [4.78, 5) is 11.8. The van der Waals surface area contributed by atoms with E-state index in [1.54, 1.807) is 7.11 Å². The van der Waals surface area contributed by atoms with Crippen molar-refractivity contribution in [2.24, 2.45) is 11.1 Å². The minimum absolute atomic E-state index is 0.0809. The standard InChI is InChI=1S/C14H28N2O2/c1-13(2,9-10-15)8-5-12(17)16-11-14(18-3)6-4-7-14/h4-11,15H2,1-3H3,(H,16,17). The fourth-order valence-corrected chi connectivity index (χ4v) is 2.34. The van der Waals surface area contributed by atoms with Crippen molar-refractivity contribution in [2.75, 3.05) is 20.2 Å². The highest BCUT2D eigenvalue weighted by atomic mass is 16.5. The zero-order valence-corrected chi connectivity index (χ0v) is 12.1. The molecule has 4 nitrogen and oxygen atoms in total. The van der Waals surface area contributed by atoms with Gasteiger partial charge in [-0.05, 0) is 44.1 Å². The molecule has 0 aliphatic heterocycles. The van der Waals surface area contributed by atoms with Crippen molar-refractivity contribution in [3.8, 4) is 0 Å². The first kappa shape index (κ1) is 15.4. The van der Waals surface area contributed by atoms with Crippen molar-refractivity contribution >= 4 is 5.91 Å². The van der Waals surface area contributed by atoms with Crippen molar-refractivity contribution in [3.63, 3.8) is 0 Å². The first-order valence-corrected chi connectivity index (χ1v) is 6.95. The fraction of sp³-hybridized carbons (Fsp3) is 0.929. The second-order valence-corrected chi connectivity index (χ2v) is 6.22. The van der Waals surface area contributed by atoms with E-state index in [4.69, 9.17) is 10.5 Å². The topological polar surface area (TPSA) is 64.3 Å². The van der Waals surface area contributed by atoms with Gasteiger partial charge in [0.15, 0.2) is 0 Å². The smallest absolute Gasteiger partial charge is 0.220 e. The maximum atomic E-state index is 11.8. The van der Waals surface area contributed by atoms with Gasteiger partial charge in [0, 0.05) is 20.1 Å². The summed E-state index contributed by atoms with van der Waals surface area (Å²) in [5, 5.41) is 3.00. The van der Waals surface area contributed by atoms with Crippen LogP contribution in [0, 0.1) is 5.41 Å². The Kier molecular flexibility index (Phi) is 5.60. The van der Waals surface area contributed by atoms with Gasteiger partial charge in [0.25, 0.3) is 0 Å². The SMILES string of the molecule is COC1(CNC(=O)CCC(C)(C)CCN)CCC1. The third kappa shape index (κ3) is 4.58. The number of hydrogen-bond acceptors (Lipinski definition) is 3. The summed E-state index contributed by atoms with van der Waals surface area (Å²) in [6.45, 7) is 5.66. The lowest BCUT2D eigenvalue weighted by Gasteiger charge is -2.40. The van der Waals surface area contributed by atoms with E-state index in [2.05, 4.69) is 19.2 Å². The number of hydrogen-bond donors (Lipinski definition) is 2. The Balaban J connectivity index is 2.21. The third-order valence-corrected chi connectivity index (χ3v) is 4.16. The summed E-state index contributed by atoms with van der Waals surface area (Å²) in [5.41, 5.74) is 5.64. The van der Waals surface area contributed by atoms with Gasteiger partial charge < -0.3 is 15.8 Å². The van der Waals surface area contributed by atoms with E-state index >= 15 is 0 Å². The average molecular weight is 256 g/mol. The van der Waals surface area contributed by atoms with Gasteiger partial charge in [-0.15, -0.1) is 0 Å². The Bertz CT molecular complexity index is 267. The predicted octanol–water partition coefficient (Wildman–Crippen LogP) is 1.83. The molecular formula is C14H28N2O2. The van der Waals surface area contributed by atoms with E-state index in [9.17, 15) is 4.79 Å². The molecule has 1 aliphatic carbocycles. The van der Waals surface area contributed by atoms with Gasteiger partial charge in [0.05, 0.1) is 5.60 Å². The average Bonchev–Trinajstić information content (AvgIpc) is 2.26. The summed E-state index contributed by atoms with van der Waals surface area (Å²) < 4.78 is 5.48. The van der Waals surface area contributed by atoms with Crippen molar-refractivity contribution in [3.05, 3.63) is 0 Å². The van der Waals surface area contributed by atoms with E-state index in [0.717, 1.165) is 25.7 Å². The van der Waals surface area contributed by atoms with Gasteiger partial charge in [0.1, 0.15) is 0 Å². The third-order valence-electron chi connectivity index (χ3n) is 4.16. The van der Waals surface area contributed by atoms with Crippen LogP contribution >= 0.6 is 0 Å². The molecule has 0 unspecified atom stereocenters. The summed E-state index contributed by atoms with van der Waals surface area (Å²) in [7, 11) is 1.73. The number of ether oxygens (including phenoxy) is 1. The largest absolute Gasteiger partial charge is 0.376 e. The maximum absolute atomic E-state index is 11.8. The van der Waals surface area contributed by atoms with Gasteiger partial charge in [0.2, 0.25) is 5.91 Å². The van der Waals surface area contributed by atoms with Crippen molar-refractivity contribution < 1.29 is 9.53 Å². The molecule has 0 atom stereocenters. The number of methoxy groups -OCH3 is 1. The monoisotopic (exact) mass is 256 g/mol. The van der Waals surface area contributed by atoms with Crippen molar-refractivity contribution in [1.82, 2.24) is 5.32 Å². The summed E-state index contributed by atoms with van der Waals surface area (Å²) in [6.07, 6.45) is 5.74. The highest BCUT2D eigenvalue weighted by Crippen LogP contribution is 2.34. The first-order chi connectivity index (χ1) is 8.43.